The predicted molar refractivity (Wildman–Crippen MR) is 128 cm³/mol. The van der Waals surface area contributed by atoms with E-state index in [1.807, 2.05) is 42.3 Å². The standard InChI is InChI=1S/2C5H11NO2.2C2F6NO4S2/c2*1-6(2,3)4-5(7)8;2*3-1(4,5)14(10,11)9-15(12,13)2(6,7)8/h2*4H2,1-3H3;;/q;;2*-1/p+2. The molecular weight excluding hydrogens is 772 g/mol. The third-order valence-corrected chi connectivity index (χ3v) is 8.26. The summed E-state index contributed by atoms with van der Waals surface area (Å²) in [6.45, 7) is 0.361. The second-order valence-electron chi connectivity index (χ2n) is 9.52. The Morgan fingerprint density at radius 3 is 0.630 bits per heavy atom. The summed E-state index contributed by atoms with van der Waals surface area (Å²) >= 11 is 0. The minimum absolute atomic E-state index is 0.181. The first kappa shape index (κ1) is 50.6. The molecule has 0 aromatic carbocycles. The molecule has 280 valence electrons. The highest BCUT2D eigenvalue weighted by atomic mass is 32.3. The number of carboxylic acid groups (broad SMARTS) is 2. The van der Waals surface area contributed by atoms with Crippen LogP contribution in [-0.4, -0.2) is 142 Å². The van der Waals surface area contributed by atoms with Gasteiger partial charge in [-0.1, -0.05) is 0 Å². The molecule has 0 aromatic heterocycles. The van der Waals surface area contributed by atoms with Gasteiger partial charge in [0, 0.05) is 0 Å². The average Bonchev–Trinajstić information content (AvgIpc) is 2.59. The van der Waals surface area contributed by atoms with Gasteiger partial charge in [0.05, 0.1) is 42.3 Å². The van der Waals surface area contributed by atoms with Crippen molar-refractivity contribution >= 4 is 52.0 Å². The SMILES string of the molecule is C[N+](C)(C)CC(=O)O.C[N+](C)(C)CC(=O)O.O=S(=O)([N-]S(=O)(=O)C(F)(F)F)C(F)(F)F.O=S(=O)([N-]S(=O)(=O)C(F)(F)F)C(F)(F)F. The van der Waals surface area contributed by atoms with E-state index >= 15 is 0 Å². The highest BCUT2D eigenvalue weighted by Crippen LogP contribution is 2.37. The van der Waals surface area contributed by atoms with Gasteiger partial charge in [-0.05, 0) is 0 Å². The Morgan fingerprint density at radius 1 is 0.457 bits per heavy atom. The molecule has 2 N–H and O–H groups in total. The third kappa shape index (κ3) is 22.3. The Labute approximate surface area is 252 Å². The van der Waals surface area contributed by atoms with Crippen molar-refractivity contribution in [3.63, 3.8) is 0 Å². The van der Waals surface area contributed by atoms with Gasteiger partial charge in [-0.25, -0.2) is 43.3 Å². The van der Waals surface area contributed by atoms with Gasteiger partial charge in [0.25, 0.3) is 0 Å². The van der Waals surface area contributed by atoms with Gasteiger partial charge in [0.1, 0.15) is 0 Å². The van der Waals surface area contributed by atoms with Gasteiger partial charge < -0.3 is 27.4 Å². The number of carbonyl (C=O) groups is 2. The molecule has 16 nitrogen and oxygen atoms in total. The van der Waals surface area contributed by atoms with Crippen LogP contribution in [0.15, 0.2) is 0 Å². The van der Waals surface area contributed by atoms with Crippen molar-refractivity contribution in [2.75, 3.05) is 55.4 Å². The number of aliphatic carboxylic acids is 2. The summed E-state index contributed by atoms with van der Waals surface area (Å²) < 4.78 is 219. The molecule has 0 bridgehead atoms. The molecule has 32 heteroatoms. The van der Waals surface area contributed by atoms with Gasteiger partial charge in [-0.2, -0.15) is 52.7 Å². The van der Waals surface area contributed by atoms with Gasteiger partial charge in [0.2, 0.25) is 0 Å². The van der Waals surface area contributed by atoms with E-state index in [0.29, 0.717) is 8.97 Å². The van der Waals surface area contributed by atoms with Crippen LogP contribution in [0.2, 0.25) is 0 Å². The van der Waals surface area contributed by atoms with Crippen LogP contribution in [0.5, 0.6) is 0 Å². The highest BCUT2D eigenvalue weighted by Gasteiger charge is 2.48. The molecule has 0 heterocycles. The summed E-state index contributed by atoms with van der Waals surface area (Å²) in [6, 6.07) is 0. The lowest BCUT2D eigenvalue weighted by molar-refractivity contribution is -0.862. The van der Waals surface area contributed by atoms with E-state index in [4.69, 9.17) is 10.2 Å². The zero-order chi connectivity index (χ0) is 39.0. The molecule has 46 heavy (non-hydrogen) atoms. The number of nitrogens with zero attached hydrogens (tertiary/aromatic N) is 4. The summed E-state index contributed by atoms with van der Waals surface area (Å²) in [5.41, 5.74) is -24.8. The molecule has 0 fully saturated rings. The molecule has 0 radical (unpaired) electrons. The molecule has 0 aliphatic rings. The summed E-state index contributed by atoms with van der Waals surface area (Å²) in [5.74, 6) is -1.50. The van der Waals surface area contributed by atoms with Crippen LogP contribution in [0.4, 0.5) is 52.7 Å². The van der Waals surface area contributed by atoms with Gasteiger partial charge in [-0.15, -0.1) is 0 Å². The summed E-state index contributed by atoms with van der Waals surface area (Å²) in [4.78, 5) is 20.0. The van der Waals surface area contributed by atoms with Crippen LogP contribution < -0.4 is 0 Å². The Bertz CT molecular complexity index is 1260. The number of hydrogen-bond acceptors (Lipinski definition) is 10. The number of rotatable bonds is 8. The molecule has 0 aromatic rings. The van der Waals surface area contributed by atoms with Crippen molar-refractivity contribution < 1.29 is 115 Å². The van der Waals surface area contributed by atoms with Crippen LogP contribution in [-0.2, 0) is 49.7 Å². The van der Waals surface area contributed by atoms with Crippen molar-refractivity contribution in [2.24, 2.45) is 0 Å². The topological polar surface area (TPSA) is 239 Å². The molecule has 0 amide bonds. The Hall–Kier alpha value is -2.26. The lowest BCUT2D eigenvalue weighted by atomic mass is 10.5. The lowest BCUT2D eigenvalue weighted by Gasteiger charge is -2.22. The lowest BCUT2D eigenvalue weighted by Crippen LogP contribution is -2.39. The average molecular weight is 797 g/mol. The van der Waals surface area contributed by atoms with Crippen LogP contribution in [0.1, 0.15) is 0 Å². The molecule has 0 aliphatic carbocycles. The molecule has 0 saturated carbocycles. The zero-order valence-electron chi connectivity index (χ0n) is 23.3. The highest BCUT2D eigenvalue weighted by molar-refractivity contribution is 8.13. The molecule has 0 spiro atoms. The van der Waals surface area contributed by atoms with Gasteiger partial charge in [0.15, 0.2) is 53.2 Å². The fourth-order valence-electron chi connectivity index (χ4n) is 1.24. The van der Waals surface area contributed by atoms with Crippen molar-refractivity contribution in [1.29, 1.82) is 0 Å². The normalized spacial score (nSPS) is 14.0. The molecule has 0 rings (SSSR count). The number of quaternary nitrogens is 2. The Kier molecular flexibility index (Phi) is 17.8. The first-order valence-electron chi connectivity index (χ1n) is 10.0. The number of hydrogen-bond donors (Lipinski definition) is 2. The molecule has 0 aliphatic heterocycles. The van der Waals surface area contributed by atoms with Crippen molar-refractivity contribution in [3.8, 4) is 0 Å². The van der Waals surface area contributed by atoms with Crippen molar-refractivity contribution in [1.82, 2.24) is 0 Å². The monoisotopic (exact) mass is 796 g/mol. The zero-order valence-corrected chi connectivity index (χ0v) is 26.6. The first-order valence-corrected chi connectivity index (χ1v) is 15.8. The first-order chi connectivity index (χ1) is 19.2. The molecular formula is C14H24F12N4O12S4. The summed E-state index contributed by atoms with van der Waals surface area (Å²) in [7, 11) is -15.8. The van der Waals surface area contributed by atoms with Crippen LogP contribution in [0, 0.1) is 0 Å². The smallest absolute Gasteiger partial charge is 0.477 e. The maximum atomic E-state index is 11.4. The van der Waals surface area contributed by atoms with Crippen molar-refractivity contribution in [2.45, 2.75) is 22.0 Å². The van der Waals surface area contributed by atoms with E-state index in [2.05, 4.69) is 0 Å². The maximum Gasteiger partial charge on any atom is 0.480 e. The maximum absolute atomic E-state index is 11.4. The molecule has 0 atom stereocenters. The number of alkyl halides is 12. The van der Waals surface area contributed by atoms with E-state index in [1.54, 1.807) is 0 Å². The largest absolute Gasteiger partial charge is 0.480 e. The fourth-order valence-corrected chi connectivity index (χ4v) is 4.66. The van der Waals surface area contributed by atoms with E-state index in [9.17, 15) is 95.9 Å². The van der Waals surface area contributed by atoms with Crippen LogP contribution >= 0.6 is 0 Å². The summed E-state index contributed by atoms with van der Waals surface area (Å²) in [6.07, 6.45) is 0. The minimum Gasteiger partial charge on any atom is -0.477 e. The van der Waals surface area contributed by atoms with Crippen LogP contribution in [0.25, 0.3) is 8.25 Å². The van der Waals surface area contributed by atoms with Crippen molar-refractivity contribution in [3.05, 3.63) is 8.25 Å². The predicted octanol–water partition coefficient (Wildman–Crippen LogP) is 1.67. The van der Waals surface area contributed by atoms with E-state index < -0.39 is 74.1 Å². The Morgan fingerprint density at radius 2 is 0.587 bits per heavy atom. The fraction of sp³-hybridized carbons (Fsp3) is 0.857. The second-order valence-corrected chi connectivity index (χ2v) is 16.4. The quantitative estimate of drug-likeness (QED) is 0.264. The number of halogens is 12. The van der Waals surface area contributed by atoms with Gasteiger partial charge in [-0.3, -0.25) is 0 Å². The number of likely N-dealkylation sites (N-methyl/N-ethyl adjacent to an activating group) is 2. The van der Waals surface area contributed by atoms with E-state index in [0.717, 1.165) is 8.25 Å². The van der Waals surface area contributed by atoms with E-state index in [1.165, 1.54) is 0 Å². The Balaban J connectivity index is -0.000000267. The number of carboxylic acids is 2. The molecule has 0 unspecified atom stereocenters. The third-order valence-electron chi connectivity index (χ3n) is 2.78. The second kappa shape index (κ2) is 16.2. The minimum atomic E-state index is -6.72. The van der Waals surface area contributed by atoms with E-state index in [-0.39, 0.29) is 13.1 Å². The number of sulfonamides is 4. The molecule has 0 saturated heterocycles. The summed E-state index contributed by atoms with van der Waals surface area (Å²) in [5, 5.41) is 16.5. The van der Waals surface area contributed by atoms with Crippen LogP contribution in [0.3, 0.4) is 0 Å². The van der Waals surface area contributed by atoms with Gasteiger partial charge >= 0.3 is 34.0 Å².